The average molecular weight is 386 g/mol. The number of hydrogen-bond donors (Lipinski definition) is 3. The first-order valence-electron chi connectivity index (χ1n) is 11.0. The molecule has 28 heavy (non-hydrogen) atoms. The third-order valence-electron chi connectivity index (χ3n) is 6.35. The summed E-state index contributed by atoms with van der Waals surface area (Å²) in [5, 5.41) is 6.28. The quantitative estimate of drug-likeness (QED) is 0.627. The predicted molar refractivity (Wildman–Crippen MR) is 113 cm³/mol. The highest BCUT2D eigenvalue weighted by Gasteiger charge is 2.27. The van der Waals surface area contributed by atoms with E-state index in [4.69, 9.17) is 5.73 Å². The minimum atomic E-state index is 0.0814. The van der Waals surface area contributed by atoms with Gasteiger partial charge in [-0.3, -0.25) is 9.59 Å². The molecule has 5 nitrogen and oxygen atoms in total. The number of amides is 2. The van der Waals surface area contributed by atoms with E-state index in [-0.39, 0.29) is 23.8 Å². The van der Waals surface area contributed by atoms with Gasteiger partial charge in [-0.15, -0.1) is 0 Å². The van der Waals surface area contributed by atoms with Gasteiger partial charge >= 0.3 is 0 Å². The number of nitrogen functional groups attached to an aromatic ring is 1. The van der Waals surface area contributed by atoms with Crippen LogP contribution in [-0.2, 0) is 16.0 Å². The van der Waals surface area contributed by atoms with E-state index in [9.17, 15) is 9.59 Å². The van der Waals surface area contributed by atoms with Gasteiger partial charge in [0, 0.05) is 30.6 Å². The molecule has 0 unspecified atom stereocenters. The molecule has 0 bridgehead atoms. The maximum Gasteiger partial charge on any atom is 0.223 e. The molecule has 2 aliphatic carbocycles. The zero-order valence-corrected chi connectivity index (χ0v) is 16.9. The molecular weight excluding hydrogens is 350 g/mol. The van der Waals surface area contributed by atoms with Gasteiger partial charge in [0.2, 0.25) is 11.8 Å². The zero-order valence-electron chi connectivity index (χ0n) is 16.9. The van der Waals surface area contributed by atoms with Gasteiger partial charge in [-0.05, 0) is 68.6 Å². The average Bonchev–Trinajstić information content (AvgIpc) is 2.70. The van der Waals surface area contributed by atoms with Crippen molar-refractivity contribution in [3.63, 3.8) is 0 Å². The molecule has 2 amide bonds. The SMILES string of the molecule is Nc1ccc(CCNC(=O)C2CCC(NC(=O)CC3CCCCC3)CC2)cc1. The summed E-state index contributed by atoms with van der Waals surface area (Å²) in [6.07, 6.45) is 11.3. The highest BCUT2D eigenvalue weighted by molar-refractivity contribution is 5.79. The number of carbonyl (C=O) groups excluding carboxylic acids is 2. The molecule has 0 aromatic heterocycles. The van der Waals surface area contributed by atoms with Crippen LogP contribution >= 0.6 is 0 Å². The number of carbonyl (C=O) groups is 2. The van der Waals surface area contributed by atoms with Crippen LogP contribution in [0.4, 0.5) is 5.69 Å². The van der Waals surface area contributed by atoms with Crippen LogP contribution in [0.2, 0.25) is 0 Å². The molecule has 4 N–H and O–H groups in total. The van der Waals surface area contributed by atoms with Crippen molar-refractivity contribution in [3.05, 3.63) is 29.8 Å². The van der Waals surface area contributed by atoms with Crippen LogP contribution in [0.25, 0.3) is 0 Å². The molecule has 2 saturated carbocycles. The number of rotatable bonds is 7. The van der Waals surface area contributed by atoms with Crippen molar-refractivity contribution < 1.29 is 9.59 Å². The number of nitrogens with one attached hydrogen (secondary N) is 2. The van der Waals surface area contributed by atoms with Crippen molar-refractivity contribution in [1.29, 1.82) is 0 Å². The standard InChI is InChI=1S/C23H35N3O2/c24-20-10-6-17(7-11-20)14-15-25-23(28)19-8-12-21(13-9-19)26-22(27)16-18-4-2-1-3-5-18/h6-7,10-11,18-19,21H,1-5,8-9,12-16,24H2,(H,25,28)(H,26,27). The van der Waals surface area contributed by atoms with E-state index in [2.05, 4.69) is 10.6 Å². The molecule has 0 atom stereocenters. The minimum Gasteiger partial charge on any atom is -0.399 e. The van der Waals surface area contributed by atoms with E-state index < -0.39 is 0 Å². The summed E-state index contributed by atoms with van der Waals surface area (Å²) in [4.78, 5) is 24.7. The summed E-state index contributed by atoms with van der Waals surface area (Å²) in [5.41, 5.74) is 7.63. The summed E-state index contributed by atoms with van der Waals surface area (Å²) in [6, 6.07) is 8.03. The molecule has 3 rings (SSSR count). The Bertz CT molecular complexity index is 630. The van der Waals surface area contributed by atoms with E-state index in [1.165, 1.54) is 37.7 Å². The minimum absolute atomic E-state index is 0.0814. The zero-order chi connectivity index (χ0) is 19.8. The van der Waals surface area contributed by atoms with Crippen molar-refractivity contribution in [1.82, 2.24) is 10.6 Å². The topological polar surface area (TPSA) is 84.2 Å². The van der Waals surface area contributed by atoms with Gasteiger partial charge in [0.1, 0.15) is 0 Å². The van der Waals surface area contributed by atoms with Gasteiger partial charge < -0.3 is 16.4 Å². The van der Waals surface area contributed by atoms with Gasteiger partial charge in [-0.1, -0.05) is 31.4 Å². The van der Waals surface area contributed by atoms with Gasteiger partial charge in [0.15, 0.2) is 0 Å². The first kappa shape index (κ1) is 20.7. The Balaban J connectivity index is 1.31. The molecule has 2 aliphatic rings. The van der Waals surface area contributed by atoms with Crippen LogP contribution in [0.15, 0.2) is 24.3 Å². The Morgan fingerprint density at radius 2 is 1.61 bits per heavy atom. The molecule has 2 fully saturated rings. The van der Waals surface area contributed by atoms with Crippen LogP contribution in [0, 0.1) is 11.8 Å². The van der Waals surface area contributed by atoms with Crippen molar-refractivity contribution in [2.75, 3.05) is 12.3 Å². The summed E-state index contributed by atoms with van der Waals surface area (Å²) in [7, 11) is 0. The van der Waals surface area contributed by atoms with E-state index in [0.29, 0.717) is 18.9 Å². The lowest BCUT2D eigenvalue weighted by atomic mass is 9.84. The molecular formula is C23H35N3O2. The Kier molecular flexibility index (Phi) is 7.75. The monoisotopic (exact) mass is 385 g/mol. The molecule has 0 saturated heterocycles. The number of anilines is 1. The van der Waals surface area contributed by atoms with Crippen LogP contribution in [0.5, 0.6) is 0 Å². The lowest BCUT2D eigenvalue weighted by Crippen LogP contribution is -2.41. The molecule has 154 valence electrons. The fraction of sp³-hybridized carbons (Fsp3) is 0.652. The summed E-state index contributed by atoms with van der Waals surface area (Å²) in [5.74, 6) is 1.03. The number of benzene rings is 1. The molecule has 5 heteroatoms. The second-order valence-electron chi connectivity index (χ2n) is 8.61. The van der Waals surface area contributed by atoms with Crippen molar-refractivity contribution >= 4 is 17.5 Å². The van der Waals surface area contributed by atoms with Crippen LogP contribution in [-0.4, -0.2) is 24.4 Å². The highest BCUT2D eigenvalue weighted by Crippen LogP contribution is 2.27. The predicted octanol–water partition coefficient (Wildman–Crippen LogP) is 3.57. The summed E-state index contributed by atoms with van der Waals surface area (Å²) < 4.78 is 0. The second kappa shape index (κ2) is 10.5. The highest BCUT2D eigenvalue weighted by atomic mass is 16.2. The third kappa shape index (κ3) is 6.54. The van der Waals surface area contributed by atoms with Gasteiger partial charge in [-0.2, -0.15) is 0 Å². The maximum absolute atomic E-state index is 12.4. The van der Waals surface area contributed by atoms with E-state index >= 15 is 0 Å². The Morgan fingerprint density at radius 1 is 0.929 bits per heavy atom. The van der Waals surface area contributed by atoms with Crippen LogP contribution < -0.4 is 16.4 Å². The maximum atomic E-state index is 12.4. The fourth-order valence-electron chi connectivity index (χ4n) is 4.60. The Hall–Kier alpha value is -2.04. The van der Waals surface area contributed by atoms with Crippen LogP contribution in [0.3, 0.4) is 0 Å². The molecule has 0 radical (unpaired) electrons. The van der Waals surface area contributed by atoms with Gasteiger partial charge in [0.05, 0.1) is 0 Å². The van der Waals surface area contributed by atoms with Gasteiger partial charge in [0.25, 0.3) is 0 Å². The smallest absolute Gasteiger partial charge is 0.223 e. The van der Waals surface area contributed by atoms with E-state index in [1.54, 1.807) is 0 Å². The number of nitrogens with two attached hydrogens (primary N) is 1. The molecule has 0 spiro atoms. The molecule has 0 heterocycles. The largest absolute Gasteiger partial charge is 0.399 e. The Morgan fingerprint density at radius 3 is 2.29 bits per heavy atom. The fourth-order valence-corrected chi connectivity index (χ4v) is 4.60. The normalized spacial score (nSPS) is 23.1. The third-order valence-corrected chi connectivity index (χ3v) is 6.35. The lowest BCUT2D eigenvalue weighted by molar-refractivity contribution is -0.126. The van der Waals surface area contributed by atoms with Crippen molar-refractivity contribution in [3.8, 4) is 0 Å². The summed E-state index contributed by atoms with van der Waals surface area (Å²) in [6.45, 7) is 0.654. The summed E-state index contributed by atoms with van der Waals surface area (Å²) >= 11 is 0. The van der Waals surface area contributed by atoms with Crippen LogP contribution in [0.1, 0.15) is 69.8 Å². The molecule has 1 aromatic rings. The Labute approximate surface area is 168 Å². The lowest BCUT2D eigenvalue weighted by Gasteiger charge is -2.29. The van der Waals surface area contributed by atoms with E-state index in [0.717, 1.165) is 37.8 Å². The number of hydrogen-bond acceptors (Lipinski definition) is 3. The first-order chi connectivity index (χ1) is 13.6. The van der Waals surface area contributed by atoms with Crippen molar-refractivity contribution in [2.45, 2.75) is 76.7 Å². The molecule has 1 aromatic carbocycles. The second-order valence-corrected chi connectivity index (χ2v) is 8.61. The van der Waals surface area contributed by atoms with Crippen molar-refractivity contribution in [2.24, 2.45) is 11.8 Å². The van der Waals surface area contributed by atoms with Gasteiger partial charge in [-0.25, -0.2) is 0 Å². The first-order valence-corrected chi connectivity index (χ1v) is 11.0. The van der Waals surface area contributed by atoms with E-state index in [1.807, 2.05) is 24.3 Å². The molecule has 0 aliphatic heterocycles.